The lowest BCUT2D eigenvalue weighted by molar-refractivity contribution is 0.102. The van der Waals surface area contributed by atoms with Crippen molar-refractivity contribution in [3.05, 3.63) is 88.5 Å². The molecule has 2 N–H and O–H groups in total. The van der Waals surface area contributed by atoms with Crippen LogP contribution in [0.2, 0.25) is 15.2 Å². The van der Waals surface area contributed by atoms with Gasteiger partial charge in [-0.05, 0) is 36.4 Å². The molecule has 0 bridgehead atoms. The van der Waals surface area contributed by atoms with Crippen molar-refractivity contribution < 1.29 is 14.3 Å². The standard InChI is InChI=1S/C23H16Cl3N5O3/c1-2-9-34-23(33)29-17-11-13(24)10-16(25)18(17)30-22(32)19-20(15-6-3-7-27-21(15)26)31-8-4-5-14(31)12-28-19/h2-8,10-12H,1,9H2,(H,29,33)(H,30,32). The van der Waals surface area contributed by atoms with Gasteiger partial charge in [0.25, 0.3) is 5.91 Å². The van der Waals surface area contributed by atoms with Crippen LogP contribution in [0, 0.1) is 0 Å². The van der Waals surface area contributed by atoms with Crippen molar-refractivity contribution in [3.8, 4) is 11.3 Å². The second kappa shape index (κ2) is 10.1. The van der Waals surface area contributed by atoms with Crippen molar-refractivity contribution >= 4 is 63.7 Å². The van der Waals surface area contributed by atoms with Crippen molar-refractivity contribution in [2.24, 2.45) is 0 Å². The molecule has 0 aliphatic rings. The van der Waals surface area contributed by atoms with Crippen LogP contribution in [-0.4, -0.2) is 33.0 Å². The van der Waals surface area contributed by atoms with Gasteiger partial charge in [-0.3, -0.25) is 10.1 Å². The van der Waals surface area contributed by atoms with E-state index in [1.807, 2.05) is 12.1 Å². The van der Waals surface area contributed by atoms with E-state index >= 15 is 0 Å². The Morgan fingerprint density at radius 1 is 1.12 bits per heavy atom. The number of nitrogens with one attached hydrogen (secondary N) is 2. The van der Waals surface area contributed by atoms with Gasteiger partial charge in [-0.25, -0.2) is 14.8 Å². The van der Waals surface area contributed by atoms with E-state index in [4.69, 9.17) is 39.5 Å². The number of aromatic nitrogens is 3. The number of ether oxygens (including phenoxy) is 1. The number of hydrogen-bond donors (Lipinski definition) is 2. The van der Waals surface area contributed by atoms with Gasteiger partial charge in [-0.1, -0.05) is 47.5 Å². The zero-order valence-electron chi connectivity index (χ0n) is 17.4. The molecule has 4 rings (SSSR count). The highest BCUT2D eigenvalue weighted by molar-refractivity contribution is 6.38. The van der Waals surface area contributed by atoms with Crippen molar-refractivity contribution in [2.75, 3.05) is 17.2 Å². The van der Waals surface area contributed by atoms with E-state index in [9.17, 15) is 9.59 Å². The number of hydrogen-bond acceptors (Lipinski definition) is 5. The summed E-state index contributed by atoms with van der Waals surface area (Å²) in [4.78, 5) is 34.0. The molecular formula is C23H16Cl3N5O3. The summed E-state index contributed by atoms with van der Waals surface area (Å²) in [7, 11) is 0. The number of carbonyl (C=O) groups is 2. The molecule has 0 fully saturated rings. The van der Waals surface area contributed by atoms with Gasteiger partial charge in [0, 0.05) is 23.0 Å². The number of rotatable bonds is 6. The molecule has 0 atom stereocenters. The number of fused-ring (bicyclic) bond motifs is 1. The molecule has 4 aromatic rings. The summed E-state index contributed by atoms with van der Waals surface area (Å²) in [6.45, 7) is 3.49. The van der Waals surface area contributed by atoms with Crippen LogP contribution in [0.1, 0.15) is 10.5 Å². The molecule has 34 heavy (non-hydrogen) atoms. The first-order valence-corrected chi connectivity index (χ1v) is 10.9. The predicted octanol–water partition coefficient (Wildman–Crippen LogP) is 6.34. The van der Waals surface area contributed by atoms with Gasteiger partial charge in [0.2, 0.25) is 0 Å². The molecule has 3 heterocycles. The van der Waals surface area contributed by atoms with Gasteiger partial charge in [-0.15, -0.1) is 0 Å². The van der Waals surface area contributed by atoms with E-state index in [1.54, 1.807) is 35.1 Å². The molecule has 11 heteroatoms. The molecule has 0 saturated carbocycles. The summed E-state index contributed by atoms with van der Waals surface area (Å²) >= 11 is 18.8. The number of pyridine rings is 1. The third-order valence-corrected chi connectivity index (χ3v) is 5.48. The minimum absolute atomic E-state index is 0.00212. The first-order chi connectivity index (χ1) is 16.4. The van der Waals surface area contributed by atoms with Gasteiger partial charge in [0.1, 0.15) is 11.8 Å². The summed E-state index contributed by atoms with van der Waals surface area (Å²) in [5, 5.41) is 5.78. The lowest BCUT2D eigenvalue weighted by Gasteiger charge is -2.16. The summed E-state index contributed by atoms with van der Waals surface area (Å²) in [5.74, 6) is -0.600. The van der Waals surface area contributed by atoms with Crippen LogP contribution >= 0.6 is 34.8 Å². The number of carbonyl (C=O) groups excluding carboxylic acids is 2. The smallest absolute Gasteiger partial charge is 0.412 e. The van der Waals surface area contributed by atoms with Crippen molar-refractivity contribution in [3.63, 3.8) is 0 Å². The summed E-state index contributed by atoms with van der Waals surface area (Å²) in [5.41, 5.74) is 2.01. The van der Waals surface area contributed by atoms with Gasteiger partial charge in [0.15, 0.2) is 5.69 Å². The number of amides is 2. The maximum Gasteiger partial charge on any atom is 0.412 e. The Hall–Kier alpha value is -3.59. The first kappa shape index (κ1) is 23.6. The van der Waals surface area contributed by atoms with Gasteiger partial charge >= 0.3 is 6.09 Å². The molecule has 0 aliphatic carbocycles. The van der Waals surface area contributed by atoms with E-state index in [1.165, 1.54) is 18.2 Å². The normalized spacial score (nSPS) is 10.7. The van der Waals surface area contributed by atoms with Crippen molar-refractivity contribution in [2.45, 2.75) is 0 Å². The Balaban J connectivity index is 1.77. The quantitative estimate of drug-likeness (QED) is 0.230. The minimum atomic E-state index is -0.775. The van der Waals surface area contributed by atoms with E-state index in [-0.39, 0.29) is 38.9 Å². The Bertz CT molecular complexity index is 1420. The molecule has 0 radical (unpaired) electrons. The molecule has 8 nitrogen and oxygen atoms in total. The second-order valence-electron chi connectivity index (χ2n) is 6.88. The maximum atomic E-state index is 13.4. The van der Waals surface area contributed by atoms with E-state index in [2.05, 4.69) is 27.2 Å². The minimum Gasteiger partial charge on any atom is -0.445 e. The highest BCUT2D eigenvalue weighted by Gasteiger charge is 2.23. The molecule has 0 aliphatic heterocycles. The van der Waals surface area contributed by atoms with Crippen molar-refractivity contribution in [1.82, 2.24) is 14.4 Å². The fourth-order valence-electron chi connectivity index (χ4n) is 3.25. The van der Waals surface area contributed by atoms with Crippen LogP contribution in [0.25, 0.3) is 16.8 Å². The van der Waals surface area contributed by atoms with Crippen LogP contribution < -0.4 is 10.6 Å². The number of benzene rings is 1. The van der Waals surface area contributed by atoms with E-state index in [0.717, 1.165) is 5.52 Å². The van der Waals surface area contributed by atoms with Crippen molar-refractivity contribution in [1.29, 1.82) is 0 Å². The van der Waals surface area contributed by atoms with Crippen LogP contribution in [0.15, 0.2) is 67.6 Å². The molecular weight excluding hydrogens is 501 g/mol. The molecule has 1 aromatic carbocycles. The van der Waals surface area contributed by atoms with Crippen LogP contribution in [0.4, 0.5) is 16.2 Å². The van der Waals surface area contributed by atoms with Crippen LogP contribution in [0.3, 0.4) is 0 Å². The SMILES string of the molecule is C=CCOC(=O)Nc1cc(Cl)cc(Cl)c1NC(=O)c1ncc2cccn2c1-c1cccnc1Cl. The molecule has 2 amide bonds. The molecule has 172 valence electrons. The lowest BCUT2D eigenvalue weighted by atomic mass is 10.1. The summed E-state index contributed by atoms with van der Waals surface area (Å²) < 4.78 is 6.72. The number of anilines is 2. The Labute approximate surface area is 209 Å². The zero-order chi connectivity index (χ0) is 24.2. The average Bonchev–Trinajstić information content (AvgIpc) is 3.28. The van der Waals surface area contributed by atoms with E-state index in [0.29, 0.717) is 11.3 Å². The number of halogens is 3. The molecule has 0 spiro atoms. The van der Waals surface area contributed by atoms with Gasteiger partial charge in [0.05, 0.1) is 33.8 Å². The molecule has 0 saturated heterocycles. The largest absolute Gasteiger partial charge is 0.445 e. The highest BCUT2D eigenvalue weighted by Crippen LogP contribution is 2.36. The number of nitrogens with zero attached hydrogens (tertiary/aromatic N) is 3. The summed E-state index contributed by atoms with van der Waals surface area (Å²) in [6, 6.07) is 9.97. The van der Waals surface area contributed by atoms with Gasteiger partial charge < -0.3 is 14.5 Å². The zero-order valence-corrected chi connectivity index (χ0v) is 19.7. The third kappa shape index (κ3) is 4.84. The fourth-order valence-corrected chi connectivity index (χ4v) is 4.00. The van der Waals surface area contributed by atoms with E-state index < -0.39 is 12.0 Å². The fraction of sp³-hybridized carbons (Fsp3) is 0.0435. The highest BCUT2D eigenvalue weighted by atomic mass is 35.5. The third-order valence-electron chi connectivity index (χ3n) is 4.66. The Morgan fingerprint density at radius 3 is 2.71 bits per heavy atom. The lowest BCUT2D eigenvalue weighted by Crippen LogP contribution is -2.20. The Morgan fingerprint density at radius 2 is 1.94 bits per heavy atom. The average molecular weight is 517 g/mol. The Kier molecular flexibility index (Phi) is 7.02. The van der Waals surface area contributed by atoms with Crippen LogP contribution in [-0.2, 0) is 4.74 Å². The predicted molar refractivity (Wildman–Crippen MR) is 133 cm³/mol. The first-order valence-electron chi connectivity index (χ1n) is 9.81. The summed E-state index contributed by atoms with van der Waals surface area (Å²) in [6.07, 6.45) is 5.53. The second-order valence-corrected chi connectivity index (χ2v) is 8.08. The van der Waals surface area contributed by atoms with Gasteiger partial charge in [-0.2, -0.15) is 0 Å². The molecule has 3 aromatic heterocycles. The monoisotopic (exact) mass is 515 g/mol. The topological polar surface area (TPSA) is 97.6 Å². The van der Waals surface area contributed by atoms with Crippen LogP contribution in [0.5, 0.6) is 0 Å². The maximum absolute atomic E-state index is 13.4. The molecule has 0 unspecified atom stereocenters.